The highest BCUT2D eigenvalue weighted by Crippen LogP contribution is 2.21. The summed E-state index contributed by atoms with van der Waals surface area (Å²) in [5.74, 6) is 0.966. The van der Waals surface area contributed by atoms with Gasteiger partial charge in [0, 0.05) is 19.6 Å². The first kappa shape index (κ1) is 16.5. The Labute approximate surface area is 121 Å². The number of nitrogens with one attached hydrogen (secondary N) is 1. The molecule has 112 valence electrons. The second kappa shape index (κ2) is 8.59. The third kappa shape index (κ3) is 4.53. The number of ether oxygens (including phenoxy) is 2. The fourth-order valence-electron chi connectivity index (χ4n) is 2.18. The zero-order chi connectivity index (χ0) is 15.0. The lowest BCUT2D eigenvalue weighted by atomic mass is 10.0. The number of carbonyl (C=O) groups is 1. The van der Waals surface area contributed by atoms with Gasteiger partial charge in [0.05, 0.1) is 13.2 Å². The summed E-state index contributed by atoms with van der Waals surface area (Å²) in [5, 5.41) is 2.97. The minimum Gasteiger partial charge on any atom is -0.497 e. The molecule has 1 aromatic rings. The van der Waals surface area contributed by atoms with E-state index in [0.29, 0.717) is 6.54 Å². The molecule has 20 heavy (non-hydrogen) atoms. The quantitative estimate of drug-likeness (QED) is 0.796. The molecule has 0 aliphatic carbocycles. The van der Waals surface area contributed by atoms with E-state index >= 15 is 0 Å². The molecule has 0 aliphatic heterocycles. The largest absolute Gasteiger partial charge is 0.497 e. The number of methoxy groups -OCH3 is 2. The number of amides is 1. The molecule has 1 amide bonds. The summed E-state index contributed by atoms with van der Waals surface area (Å²) in [6.45, 7) is 4.53. The maximum atomic E-state index is 12.0. The van der Waals surface area contributed by atoms with Crippen LogP contribution >= 0.6 is 0 Å². The lowest BCUT2D eigenvalue weighted by Gasteiger charge is -2.19. The van der Waals surface area contributed by atoms with Gasteiger partial charge < -0.3 is 14.8 Å². The number of hydrogen-bond donors (Lipinski definition) is 1. The van der Waals surface area contributed by atoms with Gasteiger partial charge in [0.2, 0.25) is 5.91 Å². The Balaban J connectivity index is 2.65. The monoisotopic (exact) mass is 279 g/mol. The Kier molecular flexibility index (Phi) is 7.09. The van der Waals surface area contributed by atoms with Crippen LogP contribution in [0.25, 0.3) is 0 Å². The summed E-state index contributed by atoms with van der Waals surface area (Å²) in [6, 6.07) is 7.71. The summed E-state index contributed by atoms with van der Waals surface area (Å²) in [7, 11) is 3.28. The SMILES string of the molecule is CCC(CC)C(=O)NCC(OC)c1cccc(OC)c1. The van der Waals surface area contributed by atoms with Gasteiger partial charge in [-0.25, -0.2) is 0 Å². The molecule has 1 rings (SSSR count). The highest BCUT2D eigenvalue weighted by Gasteiger charge is 2.17. The zero-order valence-electron chi connectivity index (χ0n) is 12.8. The lowest BCUT2D eigenvalue weighted by molar-refractivity contribution is -0.125. The minimum atomic E-state index is -0.164. The minimum absolute atomic E-state index is 0.0813. The molecule has 4 nitrogen and oxygen atoms in total. The van der Waals surface area contributed by atoms with Gasteiger partial charge in [0.25, 0.3) is 0 Å². The van der Waals surface area contributed by atoms with Gasteiger partial charge >= 0.3 is 0 Å². The summed E-state index contributed by atoms with van der Waals surface area (Å²) in [5.41, 5.74) is 0.997. The number of rotatable bonds is 8. The van der Waals surface area contributed by atoms with Crippen molar-refractivity contribution in [2.45, 2.75) is 32.8 Å². The van der Waals surface area contributed by atoms with Gasteiger partial charge in [-0.3, -0.25) is 4.79 Å². The number of benzene rings is 1. The number of hydrogen-bond acceptors (Lipinski definition) is 3. The van der Waals surface area contributed by atoms with Crippen LogP contribution in [0.1, 0.15) is 38.4 Å². The molecule has 1 unspecified atom stereocenters. The van der Waals surface area contributed by atoms with Crippen LogP contribution in [-0.4, -0.2) is 26.7 Å². The average Bonchev–Trinajstić information content (AvgIpc) is 2.49. The van der Waals surface area contributed by atoms with Crippen molar-refractivity contribution in [3.8, 4) is 5.75 Å². The van der Waals surface area contributed by atoms with Crippen molar-refractivity contribution in [1.29, 1.82) is 0 Å². The summed E-state index contributed by atoms with van der Waals surface area (Å²) in [4.78, 5) is 12.0. The lowest BCUT2D eigenvalue weighted by Crippen LogP contribution is -2.33. The highest BCUT2D eigenvalue weighted by atomic mass is 16.5. The topological polar surface area (TPSA) is 47.6 Å². The predicted molar refractivity (Wildman–Crippen MR) is 79.8 cm³/mol. The molecule has 1 atom stereocenters. The van der Waals surface area contributed by atoms with Crippen molar-refractivity contribution in [2.75, 3.05) is 20.8 Å². The van der Waals surface area contributed by atoms with E-state index in [1.807, 2.05) is 38.1 Å². The van der Waals surface area contributed by atoms with E-state index in [1.54, 1.807) is 14.2 Å². The van der Waals surface area contributed by atoms with Crippen LogP contribution in [-0.2, 0) is 9.53 Å². The molecule has 0 spiro atoms. The van der Waals surface area contributed by atoms with Gasteiger partial charge in [0.1, 0.15) is 5.75 Å². The van der Waals surface area contributed by atoms with Crippen molar-refractivity contribution < 1.29 is 14.3 Å². The first-order valence-electron chi connectivity index (χ1n) is 7.10. The van der Waals surface area contributed by atoms with Crippen molar-refractivity contribution in [1.82, 2.24) is 5.32 Å². The van der Waals surface area contributed by atoms with Crippen molar-refractivity contribution in [3.05, 3.63) is 29.8 Å². The Hall–Kier alpha value is -1.55. The summed E-state index contributed by atoms with van der Waals surface area (Å²) < 4.78 is 10.7. The summed E-state index contributed by atoms with van der Waals surface area (Å²) in [6.07, 6.45) is 1.56. The van der Waals surface area contributed by atoms with E-state index in [-0.39, 0.29) is 17.9 Å². The summed E-state index contributed by atoms with van der Waals surface area (Å²) >= 11 is 0. The molecular formula is C16H25NO3. The zero-order valence-corrected chi connectivity index (χ0v) is 12.8. The molecule has 0 aromatic heterocycles. The van der Waals surface area contributed by atoms with E-state index in [1.165, 1.54) is 0 Å². The van der Waals surface area contributed by atoms with Crippen LogP contribution in [0.4, 0.5) is 0 Å². The van der Waals surface area contributed by atoms with Crippen molar-refractivity contribution in [3.63, 3.8) is 0 Å². The Morgan fingerprint density at radius 1 is 1.25 bits per heavy atom. The molecule has 0 heterocycles. The maximum absolute atomic E-state index is 12.0. The average molecular weight is 279 g/mol. The second-order valence-corrected chi connectivity index (χ2v) is 4.76. The maximum Gasteiger partial charge on any atom is 0.223 e. The third-order valence-electron chi connectivity index (χ3n) is 3.57. The van der Waals surface area contributed by atoms with Gasteiger partial charge in [-0.15, -0.1) is 0 Å². The van der Waals surface area contributed by atoms with E-state index in [9.17, 15) is 4.79 Å². The molecule has 0 saturated carbocycles. The normalized spacial score (nSPS) is 12.2. The first-order valence-corrected chi connectivity index (χ1v) is 7.10. The molecule has 0 saturated heterocycles. The van der Waals surface area contributed by atoms with E-state index in [0.717, 1.165) is 24.2 Å². The fourth-order valence-corrected chi connectivity index (χ4v) is 2.18. The number of carbonyl (C=O) groups excluding carboxylic acids is 1. The second-order valence-electron chi connectivity index (χ2n) is 4.76. The third-order valence-corrected chi connectivity index (χ3v) is 3.57. The molecular weight excluding hydrogens is 254 g/mol. The van der Waals surface area contributed by atoms with E-state index in [2.05, 4.69) is 5.32 Å². The van der Waals surface area contributed by atoms with Gasteiger partial charge in [0.15, 0.2) is 0 Å². The van der Waals surface area contributed by atoms with E-state index < -0.39 is 0 Å². The van der Waals surface area contributed by atoms with Crippen LogP contribution < -0.4 is 10.1 Å². The van der Waals surface area contributed by atoms with E-state index in [4.69, 9.17) is 9.47 Å². The van der Waals surface area contributed by atoms with Crippen molar-refractivity contribution >= 4 is 5.91 Å². The standard InChI is InChI=1S/C16H25NO3/c1-5-12(6-2)16(18)17-11-15(20-4)13-8-7-9-14(10-13)19-3/h7-10,12,15H,5-6,11H2,1-4H3,(H,17,18). The molecule has 1 aromatic carbocycles. The smallest absolute Gasteiger partial charge is 0.223 e. The molecule has 0 bridgehead atoms. The molecule has 0 fully saturated rings. The Morgan fingerprint density at radius 2 is 1.95 bits per heavy atom. The molecule has 1 N–H and O–H groups in total. The van der Waals surface area contributed by atoms with Crippen LogP contribution in [0.15, 0.2) is 24.3 Å². The van der Waals surface area contributed by atoms with Crippen LogP contribution in [0.2, 0.25) is 0 Å². The Morgan fingerprint density at radius 3 is 2.50 bits per heavy atom. The van der Waals surface area contributed by atoms with Crippen LogP contribution in [0.3, 0.4) is 0 Å². The van der Waals surface area contributed by atoms with Gasteiger partial charge in [-0.05, 0) is 30.5 Å². The van der Waals surface area contributed by atoms with Crippen LogP contribution in [0.5, 0.6) is 5.75 Å². The molecule has 0 aliphatic rings. The predicted octanol–water partition coefficient (Wildman–Crippen LogP) is 2.94. The molecule has 0 radical (unpaired) electrons. The Bertz CT molecular complexity index is 416. The van der Waals surface area contributed by atoms with Crippen molar-refractivity contribution in [2.24, 2.45) is 5.92 Å². The molecule has 4 heteroatoms. The van der Waals surface area contributed by atoms with Gasteiger partial charge in [-0.2, -0.15) is 0 Å². The van der Waals surface area contributed by atoms with Gasteiger partial charge in [-0.1, -0.05) is 26.0 Å². The highest BCUT2D eigenvalue weighted by molar-refractivity contribution is 5.78. The fraction of sp³-hybridized carbons (Fsp3) is 0.562. The van der Waals surface area contributed by atoms with Crippen LogP contribution in [0, 0.1) is 5.92 Å². The first-order chi connectivity index (χ1) is 9.65.